The van der Waals surface area contributed by atoms with Crippen LogP contribution in [0, 0.1) is 0 Å². The van der Waals surface area contributed by atoms with E-state index in [9.17, 15) is 4.79 Å². The fourth-order valence-corrected chi connectivity index (χ4v) is 1.32. The minimum Gasteiger partial charge on any atom is -0.497 e. The zero-order chi connectivity index (χ0) is 13.4. The fourth-order valence-electron chi connectivity index (χ4n) is 1.32. The normalized spacial score (nSPS) is 11.9. The Bertz CT molecular complexity index is 363. The van der Waals surface area contributed by atoms with Gasteiger partial charge in [-0.2, -0.15) is 0 Å². The number of amides is 1. The highest BCUT2D eigenvalue weighted by Crippen LogP contribution is 2.11. The van der Waals surface area contributed by atoms with Gasteiger partial charge >= 0.3 is 0 Å². The Hall–Kier alpha value is -1.59. The highest BCUT2D eigenvalue weighted by Gasteiger charge is 2.04. The summed E-state index contributed by atoms with van der Waals surface area (Å²) in [7, 11) is 1.63. The Morgan fingerprint density at radius 2 is 2.06 bits per heavy atom. The second-order valence-corrected chi connectivity index (χ2v) is 3.98. The molecule has 5 nitrogen and oxygen atoms in total. The number of methoxy groups -OCH3 is 1. The number of rotatable bonds is 7. The molecule has 0 heterocycles. The van der Waals surface area contributed by atoms with Crippen LogP contribution in [-0.4, -0.2) is 32.2 Å². The maximum Gasteiger partial charge on any atom is 0.236 e. The molecular formula is C13H20N2O3. The lowest BCUT2D eigenvalue weighted by Gasteiger charge is -2.08. The van der Waals surface area contributed by atoms with Gasteiger partial charge in [-0.15, -0.1) is 0 Å². The van der Waals surface area contributed by atoms with Crippen LogP contribution >= 0.6 is 0 Å². The number of carbonyl (C=O) groups is 1. The van der Waals surface area contributed by atoms with Crippen molar-refractivity contribution in [3.05, 3.63) is 29.8 Å². The third-order valence-corrected chi connectivity index (χ3v) is 2.39. The van der Waals surface area contributed by atoms with Crippen molar-refractivity contribution in [2.45, 2.75) is 19.6 Å². The van der Waals surface area contributed by atoms with Gasteiger partial charge in [0.25, 0.3) is 0 Å². The summed E-state index contributed by atoms with van der Waals surface area (Å²) in [4.78, 5) is 11.1. The zero-order valence-corrected chi connectivity index (χ0v) is 10.8. The number of hydrogen-bond donors (Lipinski definition) is 2. The first-order valence-electron chi connectivity index (χ1n) is 5.87. The van der Waals surface area contributed by atoms with E-state index in [0.29, 0.717) is 19.8 Å². The zero-order valence-electron chi connectivity index (χ0n) is 10.8. The summed E-state index contributed by atoms with van der Waals surface area (Å²) >= 11 is 0. The largest absolute Gasteiger partial charge is 0.497 e. The van der Waals surface area contributed by atoms with E-state index in [2.05, 4.69) is 5.32 Å². The van der Waals surface area contributed by atoms with Gasteiger partial charge in [-0.1, -0.05) is 12.1 Å². The maximum absolute atomic E-state index is 11.1. The Morgan fingerprint density at radius 1 is 1.39 bits per heavy atom. The lowest BCUT2D eigenvalue weighted by molar-refractivity contribution is -0.122. The van der Waals surface area contributed by atoms with Crippen LogP contribution in [0.15, 0.2) is 24.3 Å². The molecule has 1 unspecified atom stereocenters. The maximum atomic E-state index is 11.1. The summed E-state index contributed by atoms with van der Waals surface area (Å²) in [6.45, 7) is 3.09. The van der Waals surface area contributed by atoms with Crippen LogP contribution in [0.2, 0.25) is 0 Å². The molecule has 0 bridgehead atoms. The van der Waals surface area contributed by atoms with E-state index in [1.165, 1.54) is 0 Å². The molecule has 1 rings (SSSR count). The van der Waals surface area contributed by atoms with Crippen molar-refractivity contribution in [2.24, 2.45) is 5.73 Å². The number of nitrogens with two attached hydrogens (primary N) is 1. The van der Waals surface area contributed by atoms with Gasteiger partial charge in [0, 0.05) is 6.54 Å². The van der Waals surface area contributed by atoms with E-state index in [1.807, 2.05) is 24.3 Å². The van der Waals surface area contributed by atoms with Crippen LogP contribution in [0.5, 0.6) is 5.75 Å². The van der Waals surface area contributed by atoms with Crippen molar-refractivity contribution in [3.8, 4) is 5.75 Å². The molecule has 1 aromatic rings. The van der Waals surface area contributed by atoms with Crippen molar-refractivity contribution < 1.29 is 14.3 Å². The summed E-state index contributed by atoms with van der Waals surface area (Å²) in [5, 5.41) is 2.68. The summed E-state index contributed by atoms with van der Waals surface area (Å²) < 4.78 is 10.5. The van der Waals surface area contributed by atoms with E-state index >= 15 is 0 Å². The molecular weight excluding hydrogens is 232 g/mol. The van der Waals surface area contributed by atoms with Crippen LogP contribution in [0.3, 0.4) is 0 Å². The van der Waals surface area contributed by atoms with Crippen LogP contribution in [-0.2, 0) is 16.1 Å². The van der Waals surface area contributed by atoms with E-state index in [0.717, 1.165) is 11.3 Å². The molecule has 18 heavy (non-hydrogen) atoms. The van der Waals surface area contributed by atoms with Crippen LogP contribution in [0.4, 0.5) is 0 Å². The van der Waals surface area contributed by atoms with Gasteiger partial charge in [-0.05, 0) is 24.6 Å². The molecule has 0 radical (unpaired) electrons. The highest BCUT2D eigenvalue weighted by molar-refractivity contribution is 5.80. The quantitative estimate of drug-likeness (QED) is 0.700. The van der Waals surface area contributed by atoms with E-state index in [1.54, 1.807) is 14.0 Å². The molecule has 0 saturated heterocycles. The van der Waals surface area contributed by atoms with Crippen molar-refractivity contribution >= 4 is 5.91 Å². The molecule has 0 fully saturated rings. The first kappa shape index (κ1) is 14.5. The standard InChI is InChI=1S/C13H20N2O3/c1-10(14)13(16)15-7-8-18-9-11-3-5-12(17-2)6-4-11/h3-6,10H,7-9,14H2,1-2H3,(H,15,16). The van der Waals surface area contributed by atoms with Gasteiger partial charge in [-0.25, -0.2) is 0 Å². The third kappa shape index (κ3) is 5.16. The number of nitrogens with one attached hydrogen (secondary N) is 1. The van der Waals surface area contributed by atoms with Crippen molar-refractivity contribution in [1.82, 2.24) is 5.32 Å². The van der Waals surface area contributed by atoms with Gasteiger partial charge in [0.2, 0.25) is 5.91 Å². The molecule has 3 N–H and O–H groups in total. The lowest BCUT2D eigenvalue weighted by Crippen LogP contribution is -2.39. The molecule has 1 amide bonds. The number of carbonyl (C=O) groups excluding carboxylic acids is 1. The van der Waals surface area contributed by atoms with Crippen LogP contribution < -0.4 is 15.8 Å². The monoisotopic (exact) mass is 252 g/mol. The predicted molar refractivity (Wildman–Crippen MR) is 69.3 cm³/mol. The molecule has 5 heteroatoms. The summed E-state index contributed by atoms with van der Waals surface area (Å²) in [6, 6.07) is 7.18. The molecule has 1 atom stereocenters. The average molecular weight is 252 g/mol. The lowest BCUT2D eigenvalue weighted by atomic mass is 10.2. The van der Waals surface area contributed by atoms with Gasteiger partial charge < -0.3 is 20.5 Å². The van der Waals surface area contributed by atoms with E-state index in [-0.39, 0.29) is 5.91 Å². The molecule has 1 aromatic carbocycles. The number of benzene rings is 1. The van der Waals surface area contributed by atoms with Crippen molar-refractivity contribution in [3.63, 3.8) is 0 Å². The highest BCUT2D eigenvalue weighted by atomic mass is 16.5. The van der Waals surface area contributed by atoms with Crippen molar-refractivity contribution in [2.75, 3.05) is 20.3 Å². The minimum atomic E-state index is -0.480. The molecule has 0 aliphatic heterocycles. The fraction of sp³-hybridized carbons (Fsp3) is 0.462. The van der Waals surface area contributed by atoms with Crippen LogP contribution in [0.1, 0.15) is 12.5 Å². The van der Waals surface area contributed by atoms with E-state index in [4.69, 9.17) is 15.2 Å². The second kappa shape index (κ2) is 7.68. The Kier molecular flexibility index (Phi) is 6.18. The first-order valence-corrected chi connectivity index (χ1v) is 5.87. The van der Waals surface area contributed by atoms with Gasteiger partial charge in [0.1, 0.15) is 5.75 Å². The molecule has 0 aromatic heterocycles. The Labute approximate surface area is 107 Å². The smallest absolute Gasteiger partial charge is 0.236 e. The first-order chi connectivity index (χ1) is 8.63. The number of hydrogen-bond acceptors (Lipinski definition) is 4. The summed E-state index contributed by atoms with van der Waals surface area (Å²) in [6.07, 6.45) is 0. The summed E-state index contributed by atoms with van der Waals surface area (Å²) in [5.41, 5.74) is 6.47. The molecule has 0 aliphatic carbocycles. The van der Waals surface area contributed by atoms with Crippen LogP contribution in [0.25, 0.3) is 0 Å². The predicted octanol–water partition coefficient (Wildman–Crippen LogP) is 0.675. The SMILES string of the molecule is COc1ccc(COCCNC(=O)C(C)N)cc1. The number of ether oxygens (including phenoxy) is 2. The van der Waals surface area contributed by atoms with Gasteiger partial charge in [-0.3, -0.25) is 4.79 Å². The third-order valence-electron chi connectivity index (χ3n) is 2.39. The topological polar surface area (TPSA) is 73.6 Å². The molecule has 0 saturated carbocycles. The van der Waals surface area contributed by atoms with Gasteiger partial charge in [0.15, 0.2) is 0 Å². The second-order valence-electron chi connectivity index (χ2n) is 3.98. The van der Waals surface area contributed by atoms with Gasteiger partial charge in [0.05, 0.1) is 26.4 Å². The minimum absolute atomic E-state index is 0.164. The Balaban J connectivity index is 2.15. The molecule has 0 spiro atoms. The van der Waals surface area contributed by atoms with E-state index < -0.39 is 6.04 Å². The van der Waals surface area contributed by atoms with Crippen molar-refractivity contribution in [1.29, 1.82) is 0 Å². The molecule has 100 valence electrons. The summed E-state index contributed by atoms with van der Waals surface area (Å²) in [5.74, 6) is 0.658. The average Bonchev–Trinajstić information content (AvgIpc) is 2.38. The Morgan fingerprint density at radius 3 is 2.61 bits per heavy atom. The molecule has 0 aliphatic rings.